The lowest BCUT2D eigenvalue weighted by Crippen LogP contribution is -2.34. The van der Waals surface area contributed by atoms with Crippen molar-refractivity contribution in [2.24, 2.45) is 5.73 Å². The van der Waals surface area contributed by atoms with Gasteiger partial charge in [-0.15, -0.1) is 0 Å². The third-order valence-electron chi connectivity index (χ3n) is 3.05. The molecule has 0 aliphatic carbocycles. The monoisotopic (exact) mass is 252 g/mol. The summed E-state index contributed by atoms with van der Waals surface area (Å²) >= 11 is 0. The summed E-state index contributed by atoms with van der Waals surface area (Å²) in [5, 5.41) is 0. The van der Waals surface area contributed by atoms with Gasteiger partial charge >= 0.3 is 0 Å². The van der Waals surface area contributed by atoms with E-state index in [0.717, 1.165) is 37.6 Å². The van der Waals surface area contributed by atoms with Gasteiger partial charge in [-0.3, -0.25) is 4.90 Å². The molecular formula is C14H24N2O2. The van der Waals surface area contributed by atoms with Crippen LogP contribution < -0.4 is 10.5 Å². The van der Waals surface area contributed by atoms with Crippen LogP contribution in [0.25, 0.3) is 0 Å². The lowest BCUT2D eigenvalue weighted by molar-refractivity contribution is 0.147. The zero-order valence-electron chi connectivity index (χ0n) is 11.6. The summed E-state index contributed by atoms with van der Waals surface area (Å²) in [6, 6.07) is 7.87. The highest BCUT2D eigenvalue weighted by atomic mass is 16.5. The van der Waals surface area contributed by atoms with Crippen molar-refractivity contribution in [3.8, 4) is 5.75 Å². The third-order valence-corrected chi connectivity index (χ3v) is 3.05. The van der Waals surface area contributed by atoms with Crippen LogP contribution in [0, 0.1) is 0 Å². The average Bonchev–Trinajstić information content (AvgIpc) is 2.43. The van der Waals surface area contributed by atoms with Gasteiger partial charge in [-0.1, -0.05) is 25.1 Å². The first-order chi connectivity index (χ1) is 8.72. The quantitative estimate of drug-likeness (QED) is 0.764. The van der Waals surface area contributed by atoms with Gasteiger partial charge in [0.05, 0.1) is 13.7 Å². The van der Waals surface area contributed by atoms with E-state index < -0.39 is 0 Å². The van der Waals surface area contributed by atoms with Crippen molar-refractivity contribution < 1.29 is 9.47 Å². The third kappa shape index (κ3) is 4.29. The number of hydrogen-bond donors (Lipinski definition) is 1. The Hall–Kier alpha value is -1.10. The van der Waals surface area contributed by atoms with Gasteiger partial charge in [-0.05, 0) is 12.6 Å². The van der Waals surface area contributed by atoms with Gasteiger partial charge in [0, 0.05) is 31.8 Å². The number of rotatable bonds is 8. The smallest absolute Gasteiger partial charge is 0.123 e. The Kier molecular flexibility index (Phi) is 6.72. The van der Waals surface area contributed by atoms with Crippen molar-refractivity contribution in [2.75, 3.05) is 40.5 Å². The first-order valence-electron chi connectivity index (χ1n) is 6.32. The van der Waals surface area contributed by atoms with Crippen LogP contribution in [0.1, 0.15) is 18.5 Å². The zero-order valence-corrected chi connectivity index (χ0v) is 11.6. The number of nitrogens with two attached hydrogens (primary N) is 1. The number of likely N-dealkylation sites (N-methyl/N-ethyl adjacent to an activating group) is 1. The van der Waals surface area contributed by atoms with Crippen LogP contribution in [-0.4, -0.2) is 45.4 Å². The average molecular weight is 252 g/mol. The SMILES string of the molecule is CCN(CCOC)CC(N)c1ccccc1OC. The van der Waals surface area contributed by atoms with Crippen molar-refractivity contribution in [3.63, 3.8) is 0 Å². The summed E-state index contributed by atoms with van der Waals surface area (Å²) in [5.41, 5.74) is 7.31. The van der Waals surface area contributed by atoms with Crippen molar-refractivity contribution in [3.05, 3.63) is 29.8 Å². The fourth-order valence-corrected chi connectivity index (χ4v) is 1.95. The normalized spacial score (nSPS) is 12.7. The molecule has 102 valence electrons. The van der Waals surface area contributed by atoms with Crippen molar-refractivity contribution in [2.45, 2.75) is 13.0 Å². The van der Waals surface area contributed by atoms with Gasteiger partial charge in [0.1, 0.15) is 5.75 Å². The minimum atomic E-state index is -0.0436. The van der Waals surface area contributed by atoms with Crippen molar-refractivity contribution in [1.82, 2.24) is 4.90 Å². The van der Waals surface area contributed by atoms with Crippen LogP contribution in [0.2, 0.25) is 0 Å². The minimum Gasteiger partial charge on any atom is -0.496 e. The summed E-state index contributed by atoms with van der Waals surface area (Å²) in [4.78, 5) is 2.28. The predicted octanol–water partition coefficient (Wildman–Crippen LogP) is 1.66. The maximum atomic E-state index is 6.26. The van der Waals surface area contributed by atoms with Gasteiger partial charge in [0.2, 0.25) is 0 Å². The molecule has 2 N–H and O–H groups in total. The molecule has 0 aliphatic heterocycles. The van der Waals surface area contributed by atoms with Crippen LogP contribution in [0.3, 0.4) is 0 Å². The highest BCUT2D eigenvalue weighted by molar-refractivity contribution is 5.35. The van der Waals surface area contributed by atoms with E-state index in [0.29, 0.717) is 0 Å². The van der Waals surface area contributed by atoms with Gasteiger partial charge < -0.3 is 15.2 Å². The number of ether oxygens (including phenoxy) is 2. The Labute approximate surface area is 110 Å². The molecule has 4 nitrogen and oxygen atoms in total. The van der Waals surface area contributed by atoms with Gasteiger partial charge in [-0.25, -0.2) is 0 Å². The highest BCUT2D eigenvalue weighted by Crippen LogP contribution is 2.23. The van der Waals surface area contributed by atoms with E-state index in [1.54, 1.807) is 14.2 Å². The maximum absolute atomic E-state index is 6.26. The maximum Gasteiger partial charge on any atom is 0.123 e. The summed E-state index contributed by atoms with van der Waals surface area (Å²) < 4.78 is 10.4. The molecule has 1 aromatic rings. The summed E-state index contributed by atoms with van der Waals surface area (Å²) in [7, 11) is 3.39. The Balaban J connectivity index is 2.65. The van der Waals surface area contributed by atoms with Gasteiger partial charge in [-0.2, -0.15) is 0 Å². The van der Waals surface area contributed by atoms with E-state index >= 15 is 0 Å². The number of para-hydroxylation sites is 1. The highest BCUT2D eigenvalue weighted by Gasteiger charge is 2.14. The Bertz CT molecular complexity index is 344. The lowest BCUT2D eigenvalue weighted by Gasteiger charge is -2.25. The largest absolute Gasteiger partial charge is 0.496 e. The molecular weight excluding hydrogens is 228 g/mol. The molecule has 0 aromatic heterocycles. The molecule has 0 spiro atoms. The summed E-state index contributed by atoms with van der Waals surface area (Å²) in [6.45, 7) is 5.53. The van der Waals surface area contributed by atoms with Crippen LogP contribution in [0.5, 0.6) is 5.75 Å². The van der Waals surface area contributed by atoms with Crippen molar-refractivity contribution in [1.29, 1.82) is 0 Å². The summed E-state index contributed by atoms with van der Waals surface area (Å²) in [5.74, 6) is 0.854. The predicted molar refractivity (Wildman–Crippen MR) is 73.9 cm³/mol. The minimum absolute atomic E-state index is 0.0436. The molecule has 0 saturated carbocycles. The van der Waals surface area contributed by atoms with E-state index in [9.17, 15) is 0 Å². The molecule has 0 amide bonds. The van der Waals surface area contributed by atoms with E-state index in [-0.39, 0.29) is 6.04 Å². The fourth-order valence-electron chi connectivity index (χ4n) is 1.95. The Morgan fingerprint density at radius 2 is 2.00 bits per heavy atom. The molecule has 18 heavy (non-hydrogen) atoms. The first kappa shape index (κ1) is 15.0. The molecule has 1 rings (SSSR count). The molecule has 0 fully saturated rings. The van der Waals surface area contributed by atoms with Crippen molar-refractivity contribution >= 4 is 0 Å². The number of nitrogens with zero attached hydrogens (tertiary/aromatic N) is 1. The Morgan fingerprint density at radius 3 is 2.61 bits per heavy atom. The molecule has 1 unspecified atom stereocenters. The van der Waals surface area contributed by atoms with Gasteiger partial charge in [0.15, 0.2) is 0 Å². The number of methoxy groups -OCH3 is 2. The molecule has 0 aliphatic rings. The van der Waals surface area contributed by atoms with Crippen LogP contribution in [0.15, 0.2) is 24.3 Å². The standard InChI is InChI=1S/C14H24N2O2/c1-4-16(9-10-17-2)11-13(15)12-7-5-6-8-14(12)18-3/h5-8,13H,4,9-11,15H2,1-3H3. The van der Waals surface area contributed by atoms with Gasteiger partial charge in [0.25, 0.3) is 0 Å². The second-order valence-electron chi connectivity index (χ2n) is 4.23. The Morgan fingerprint density at radius 1 is 1.28 bits per heavy atom. The van der Waals surface area contributed by atoms with E-state index in [4.69, 9.17) is 15.2 Å². The fraction of sp³-hybridized carbons (Fsp3) is 0.571. The lowest BCUT2D eigenvalue weighted by atomic mass is 10.1. The molecule has 0 heterocycles. The molecule has 1 aromatic carbocycles. The molecule has 0 bridgehead atoms. The van der Waals surface area contributed by atoms with Crippen LogP contribution in [-0.2, 0) is 4.74 Å². The van der Waals surface area contributed by atoms with Crippen LogP contribution >= 0.6 is 0 Å². The molecule has 4 heteroatoms. The number of benzene rings is 1. The topological polar surface area (TPSA) is 47.7 Å². The summed E-state index contributed by atoms with van der Waals surface area (Å²) in [6.07, 6.45) is 0. The van der Waals surface area contributed by atoms with Crippen LogP contribution in [0.4, 0.5) is 0 Å². The molecule has 1 atom stereocenters. The van der Waals surface area contributed by atoms with E-state index in [2.05, 4.69) is 11.8 Å². The number of hydrogen-bond acceptors (Lipinski definition) is 4. The zero-order chi connectivity index (χ0) is 13.4. The first-order valence-corrected chi connectivity index (χ1v) is 6.32. The molecule has 0 saturated heterocycles. The van der Waals surface area contributed by atoms with E-state index in [1.165, 1.54) is 0 Å². The second kappa shape index (κ2) is 8.08. The second-order valence-corrected chi connectivity index (χ2v) is 4.23. The van der Waals surface area contributed by atoms with E-state index in [1.807, 2.05) is 24.3 Å². The molecule has 0 radical (unpaired) electrons.